The van der Waals surface area contributed by atoms with Gasteiger partial charge in [-0.25, -0.2) is 0 Å². The van der Waals surface area contributed by atoms with Crippen LogP contribution in [0.1, 0.15) is 129 Å². The van der Waals surface area contributed by atoms with Crippen LogP contribution in [-0.2, 0) is 6.42 Å². The Bertz CT molecular complexity index is 1160. The topological polar surface area (TPSA) is 18.5 Å². The van der Waals surface area contributed by atoms with Crippen LogP contribution in [-0.4, -0.2) is 36.2 Å². The molecule has 0 heterocycles. The average molecular weight is 639 g/mol. The predicted molar refractivity (Wildman–Crippen MR) is 202 cm³/mol. The van der Waals surface area contributed by atoms with E-state index in [1.165, 1.54) is 140 Å². The van der Waals surface area contributed by atoms with Gasteiger partial charge in [-0.3, -0.25) is 0 Å². The molecule has 3 aromatic rings. The Morgan fingerprint density at radius 1 is 0.455 bits per heavy atom. The molecule has 0 bridgehead atoms. The van der Waals surface area contributed by atoms with E-state index in [9.17, 15) is 0 Å². The van der Waals surface area contributed by atoms with E-state index in [0.717, 1.165) is 44.0 Å². The normalized spacial score (nSPS) is 11.5. The Balaban J connectivity index is 1.50. The number of fused-ring (bicyclic) bond motifs is 2. The second kappa shape index (κ2) is 23.8. The van der Waals surface area contributed by atoms with Gasteiger partial charge in [-0.2, -0.15) is 23.5 Å². The van der Waals surface area contributed by atoms with Crippen molar-refractivity contribution in [3.05, 3.63) is 48.0 Å². The van der Waals surface area contributed by atoms with Crippen LogP contribution in [0.3, 0.4) is 0 Å². The summed E-state index contributed by atoms with van der Waals surface area (Å²) in [5.74, 6) is 7.35. The largest absolute Gasteiger partial charge is 0.492 e. The summed E-state index contributed by atoms with van der Waals surface area (Å²) in [4.78, 5) is 0. The lowest BCUT2D eigenvalue weighted by Gasteiger charge is -2.18. The number of unbranched alkanes of at least 4 members (excludes halogenated alkanes) is 12. The highest BCUT2D eigenvalue weighted by molar-refractivity contribution is 7.99. The van der Waals surface area contributed by atoms with Crippen LogP contribution in [0.15, 0.2) is 42.5 Å². The summed E-state index contributed by atoms with van der Waals surface area (Å²) < 4.78 is 13.2. The number of hydrogen-bond acceptors (Lipinski definition) is 4. The van der Waals surface area contributed by atoms with Gasteiger partial charge in [-0.15, -0.1) is 0 Å². The molecule has 0 aromatic heterocycles. The minimum atomic E-state index is 0.774. The summed E-state index contributed by atoms with van der Waals surface area (Å²) in [5.41, 5.74) is 1.35. The molecule has 0 saturated carbocycles. The predicted octanol–water partition coefficient (Wildman–Crippen LogP) is 13.1. The molecule has 246 valence electrons. The lowest BCUT2D eigenvalue weighted by atomic mass is 9.98. The summed E-state index contributed by atoms with van der Waals surface area (Å²) in [6, 6.07) is 15.6. The van der Waals surface area contributed by atoms with Gasteiger partial charge in [0.15, 0.2) is 0 Å². The summed E-state index contributed by atoms with van der Waals surface area (Å²) in [5, 5.41) is 4.74. The van der Waals surface area contributed by atoms with Gasteiger partial charge in [-0.1, -0.05) is 121 Å². The van der Waals surface area contributed by atoms with Crippen molar-refractivity contribution in [1.82, 2.24) is 0 Å². The Labute approximate surface area is 279 Å². The molecule has 3 rings (SSSR count). The molecule has 0 fully saturated rings. The molecule has 44 heavy (non-hydrogen) atoms. The molecule has 0 radical (unpaired) electrons. The van der Waals surface area contributed by atoms with E-state index >= 15 is 0 Å². The van der Waals surface area contributed by atoms with Gasteiger partial charge in [0.1, 0.15) is 11.5 Å². The van der Waals surface area contributed by atoms with Crippen LogP contribution < -0.4 is 9.47 Å². The van der Waals surface area contributed by atoms with Crippen molar-refractivity contribution >= 4 is 45.1 Å². The van der Waals surface area contributed by atoms with Crippen LogP contribution in [0.4, 0.5) is 0 Å². The Hall–Kier alpha value is -1.52. The third kappa shape index (κ3) is 13.5. The monoisotopic (exact) mass is 638 g/mol. The zero-order chi connectivity index (χ0) is 31.1. The Morgan fingerprint density at radius 3 is 1.36 bits per heavy atom. The molecule has 0 unspecified atom stereocenters. The highest BCUT2D eigenvalue weighted by Gasteiger charge is 2.16. The van der Waals surface area contributed by atoms with Crippen molar-refractivity contribution in [2.45, 2.75) is 130 Å². The molecule has 0 atom stereocenters. The molecule has 0 aliphatic carbocycles. The fraction of sp³-hybridized carbons (Fsp3) is 0.650. The summed E-state index contributed by atoms with van der Waals surface area (Å²) in [6.07, 6.45) is 22.0. The summed E-state index contributed by atoms with van der Waals surface area (Å²) in [7, 11) is 0. The standard InChI is InChI=1S/C40H62O2S2/c1-4-7-9-19-29-43-31-21-13-11-17-27-41-39-35-23-15-16-24-36(35)40(38-33-34(6-3)25-26-37(38)39)42-28-18-12-14-22-32-44-30-20-10-8-5-2/h15-16,23-26,33H,4-14,17-22,27-32H2,1-3H3. The molecule has 3 aromatic carbocycles. The van der Waals surface area contributed by atoms with Crippen molar-refractivity contribution in [2.24, 2.45) is 0 Å². The summed E-state index contributed by atoms with van der Waals surface area (Å²) >= 11 is 4.28. The van der Waals surface area contributed by atoms with Crippen LogP contribution in [0, 0.1) is 0 Å². The number of hydrogen-bond donors (Lipinski definition) is 0. The molecule has 0 amide bonds. The van der Waals surface area contributed by atoms with Crippen molar-refractivity contribution in [2.75, 3.05) is 36.2 Å². The molecule has 0 saturated heterocycles. The average Bonchev–Trinajstić information content (AvgIpc) is 3.05. The first-order chi connectivity index (χ1) is 21.8. The lowest BCUT2D eigenvalue weighted by molar-refractivity contribution is 0.307. The molecular weight excluding hydrogens is 577 g/mol. The molecular formula is C40H62O2S2. The first-order valence-corrected chi connectivity index (χ1v) is 20.5. The van der Waals surface area contributed by atoms with Gasteiger partial charge < -0.3 is 9.47 Å². The van der Waals surface area contributed by atoms with Crippen molar-refractivity contribution in [1.29, 1.82) is 0 Å². The highest BCUT2D eigenvalue weighted by atomic mass is 32.2. The van der Waals surface area contributed by atoms with E-state index in [1.54, 1.807) is 0 Å². The third-order valence-electron chi connectivity index (χ3n) is 8.54. The van der Waals surface area contributed by atoms with Crippen LogP contribution in [0.5, 0.6) is 11.5 Å². The first-order valence-electron chi connectivity index (χ1n) is 18.2. The quantitative estimate of drug-likeness (QED) is 0.0610. The fourth-order valence-corrected chi connectivity index (χ4v) is 7.85. The highest BCUT2D eigenvalue weighted by Crippen LogP contribution is 2.43. The van der Waals surface area contributed by atoms with Gasteiger partial charge in [0.25, 0.3) is 0 Å². The van der Waals surface area contributed by atoms with Gasteiger partial charge in [0.2, 0.25) is 0 Å². The van der Waals surface area contributed by atoms with Crippen molar-refractivity contribution in [3.63, 3.8) is 0 Å². The van der Waals surface area contributed by atoms with E-state index in [-0.39, 0.29) is 0 Å². The molecule has 0 aliphatic heterocycles. The SMILES string of the molecule is CCCCCCSCCCCCCOc1c2ccccc2c(OCCCCCCSCCCCCC)c2cc(CC)ccc12. The molecule has 4 heteroatoms. The van der Waals surface area contributed by atoms with E-state index in [4.69, 9.17) is 9.47 Å². The van der Waals surface area contributed by atoms with Gasteiger partial charge in [0.05, 0.1) is 13.2 Å². The van der Waals surface area contributed by atoms with Crippen molar-refractivity contribution in [3.8, 4) is 11.5 Å². The lowest BCUT2D eigenvalue weighted by Crippen LogP contribution is -2.03. The number of ether oxygens (including phenoxy) is 2. The van der Waals surface area contributed by atoms with E-state index < -0.39 is 0 Å². The van der Waals surface area contributed by atoms with Gasteiger partial charge >= 0.3 is 0 Å². The number of aryl methyl sites for hydroxylation is 1. The number of benzene rings is 3. The molecule has 0 aliphatic rings. The second-order valence-electron chi connectivity index (χ2n) is 12.3. The fourth-order valence-electron chi connectivity index (χ4n) is 5.81. The van der Waals surface area contributed by atoms with Crippen LogP contribution >= 0.6 is 23.5 Å². The van der Waals surface area contributed by atoms with E-state index in [2.05, 4.69) is 86.8 Å². The van der Waals surface area contributed by atoms with E-state index in [0.29, 0.717) is 0 Å². The minimum Gasteiger partial charge on any atom is -0.492 e. The zero-order valence-electron chi connectivity index (χ0n) is 28.4. The first kappa shape index (κ1) is 36.9. The number of rotatable bonds is 27. The smallest absolute Gasteiger partial charge is 0.135 e. The minimum absolute atomic E-state index is 0.774. The zero-order valence-corrected chi connectivity index (χ0v) is 30.1. The molecule has 0 spiro atoms. The maximum Gasteiger partial charge on any atom is 0.135 e. The van der Waals surface area contributed by atoms with Gasteiger partial charge in [0, 0.05) is 21.5 Å². The van der Waals surface area contributed by atoms with Gasteiger partial charge in [-0.05, 0) is 79.6 Å². The maximum absolute atomic E-state index is 6.62. The summed E-state index contributed by atoms with van der Waals surface area (Å²) in [6.45, 7) is 8.35. The Kier molecular flexibility index (Phi) is 20.0. The maximum atomic E-state index is 6.62. The van der Waals surface area contributed by atoms with Crippen LogP contribution in [0.25, 0.3) is 21.5 Å². The van der Waals surface area contributed by atoms with E-state index in [1.807, 2.05) is 0 Å². The van der Waals surface area contributed by atoms with Crippen LogP contribution in [0.2, 0.25) is 0 Å². The second-order valence-corrected chi connectivity index (χ2v) is 14.8. The van der Waals surface area contributed by atoms with Crippen molar-refractivity contribution < 1.29 is 9.47 Å². The molecule has 0 N–H and O–H groups in total. The number of thioether (sulfide) groups is 2. The Morgan fingerprint density at radius 2 is 0.886 bits per heavy atom. The molecule has 2 nitrogen and oxygen atoms in total. The third-order valence-corrected chi connectivity index (χ3v) is 10.9.